The Labute approximate surface area is 233 Å². The molecular formula is C29H35N5O4S. The maximum Gasteiger partial charge on any atom is 0.338 e. The molecule has 0 spiro atoms. The Kier molecular flexibility index (Phi) is 10.9. The van der Waals surface area contributed by atoms with Gasteiger partial charge < -0.3 is 19.9 Å². The largest absolute Gasteiger partial charge is 0.462 e. The van der Waals surface area contributed by atoms with Crippen LogP contribution in [0.1, 0.15) is 65.3 Å². The molecule has 0 radical (unpaired) electrons. The van der Waals surface area contributed by atoms with E-state index < -0.39 is 12.0 Å². The zero-order valence-electron chi connectivity index (χ0n) is 22.8. The van der Waals surface area contributed by atoms with Crippen LogP contribution < -0.4 is 10.6 Å². The first-order valence-electron chi connectivity index (χ1n) is 12.8. The van der Waals surface area contributed by atoms with Gasteiger partial charge in [-0.15, -0.1) is 16.8 Å². The van der Waals surface area contributed by atoms with Gasteiger partial charge in [-0.05, 0) is 49.6 Å². The van der Waals surface area contributed by atoms with E-state index in [4.69, 9.17) is 4.74 Å². The zero-order chi connectivity index (χ0) is 28.4. The number of allylic oxidation sites excluding steroid dienone is 1. The van der Waals surface area contributed by atoms with Gasteiger partial charge in [0.25, 0.3) is 5.91 Å². The van der Waals surface area contributed by atoms with Crippen LogP contribution in [0.15, 0.2) is 66.3 Å². The molecule has 2 N–H and O–H groups in total. The number of benzene rings is 2. The summed E-state index contributed by atoms with van der Waals surface area (Å²) >= 11 is 1.23. The Morgan fingerprint density at radius 2 is 1.85 bits per heavy atom. The number of rotatable bonds is 13. The van der Waals surface area contributed by atoms with Crippen molar-refractivity contribution >= 4 is 35.2 Å². The highest BCUT2D eigenvalue weighted by Gasteiger charge is 2.26. The first-order chi connectivity index (χ1) is 18.7. The highest BCUT2D eigenvalue weighted by molar-refractivity contribution is 7.99. The van der Waals surface area contributed by atoms with Crippen molar-refractivity contribution in [3.8, 4) is 0 Å². The molecule has 9 nitrogen and oxygen atoms in total. The molecule has 0 aliphatic carbocycles. The van der Waals surface area contributed by atoms with Crippen molar-refractivity contribution in [1.29, 1.82) is 0 Å². The number of nitrogens with zero attached hydrogens (tertiary/aromatic N) is 3. The predicted molar refractivity (Wildman–Crippen MR) is 153 cm³/mol. The van der Waals surface area contributed by atoms with Crippen molar-refractivity contribution in [2.45, 2.75) is 51.9 Å². The summed E-state index contributed by atoms with van der Waals surface area (Å²) in [6.45, 7) is 12.5. The number of carbonyl (C=O) groups excluding carboxylic acids is 3. The van der Waals surface area contributed by atoms with Gasteiger partial charge in [0.1, 0.15) is 0 Å². The quantitative estimate of drug-likeness (QED) is 0.171. The third kappa shape index (κ3) is 8.28. The van der Waals surface area contributed by atoms with Crippen molar-refractivity contribution in [2.75, 3.05) is 17.7 Å². The fourth-order valence-electron chi connectivity index (χ4n) is 3.73. The van der Waals surface area contributed by atoms with Gasteiger partial charge in [0, 0.05) is 17.8 Å². The normalized spacial score (nSPS) is 11.6. The molecule has 0 saturated heterocycles. The fourth-order valence-corrected chi connectivity index (χ4v) is 4.48. The molecule has 2 amide bonds. The molecule has 206 valence electrons. The summed E-state index contributed by atoms with van der Waals surface area (Å²) in [5.74, 6) is -0.196. The monoisotopic (exact) mass is 549 g/mol. The van der Waals surface area contributed by atoms with E-state index in [-0.39, 0.29) is 23.5 Å². The number of ether oxygens (including phenoxy) is 1. The number of anilines is 1. The molecule has 0 unspecified atom stereocenters. The van der Waals surface area contributed by atoms with Crippen LogP contribution in [0.3, 0.4) is 0 Å². The Morgan fingerprint density at radius 1 is 1.10 bits per heavy atom. The van der Waals surface area contributed by atoms with Gasteiger partial charge in [-0.3, -0.25) is 9.59 Å². The Morgan fingerprint density at radius 3 is 2.51 bits per heavy atom. The highest BCUT2D eigenvalue weighted by Crippen LogP contribution is 2.26. The number of hydrogen-bond donors (Lipinski definition) is 2. The van der Waals surface area contributed by atoms with Crippen LogP contribution in [0.25, 0.3) is 0 Å². The maximum atomic E-state index is 13.0. The molecule has 10 heteroatoms. The lowest BCUT2D eigenvalue weighted by Crippen LogP contribution is -2.33. The average Bonchev–Trinajstić information content (AvgIpc) is 3.31. The second-order valence-corrected chi connectivity index (χ2v) is 10.3. The summed E-state index contributed by atoms with van der Waals surface area (Å²) in [4.78, 5) is 37.8. The minimum atomic E-state index is -0.429. The topological polar surface area (TPSA) is 115 Å². The Balaban J connectivity index is 1.70. The van der Waals surface area contributed by atoms with Crippen LogP contribution in [0.5, 0.6) is 0 Å². The smallest absolute Gasteiger partial charge is 0.338 e. The van der Waals surface area contributed by atoms with Gasteiger partial charge >= 0.3 is 5.97 Å². The molecule has 1 aromatic heterocycles. The fraction of sp³-hybridized carbons (Fsp3) is 0.345. The lowest BCUT2D eigenvalue weighted by Gasteiger charge is -2.22. The third-order valence-electron chi connectivity index (χ3n) is 5.75. The van der Waals surface area contributed by atoms with Crippen molar-refractivity contribution in [2.24, 2.45) is 5.92 Å². The zero-order valence-corrected chi connectivity index (χ0v) is 23.6. The molecule has 39 heavy (non-hydrogen) atoms. The third-order valence-corrected chi connectivity index (χ3v) is 6.72. The Hall–Kier alpha value is -3.92. The van der Waals surface area contributed by atoms with Crippen molar-refractivity contribution in [3.05, 3.63) is 83.7 Å². The minimum Gasteiger partial charge on any atom is -0.462 e. The number of hydrogen-bond acceptors (Lipinski definition) is 7. The number of aromatic nitrogens is 3. The van der Waals surface area contributed by atoms with E-state index in [1.807, 2.05) is 44.4 Å². The average molecular weight is 550 g/mol. The maximum absolute atomic E-state index is 13.0. The molecule has 1 atom stereocenters. The van der Waals surface area contributed by atoms with E-state index in [0.29, 0.717) is 40.9 Å². The lowest BCUT2D eigenvalue weighted by atomic mass is 10.0. The number of esters is 1. The summed E-state index contributed by atoms with van der Waals surface area (Å²) in [6, 6.07) is 13.6. The van der Waals surface area contributed by atoms with Crippen LogP contribution in [0, 0.1) is 12.8 Å². The SMILES string of the molecule is C=CCn1c(SCC(=O)Nc2cccc(C(=O)OCCC)c2)nnc1[C@H](NC(=O)c1ccc(C)cc1)C(C)C. The van der Waals surface area contributed by atoms with Crippen molar-refractivity contribution in [3.63, 3.8) is 0 Å². The van der Waals surface area contributed by atoms with Gasteiger partial charge in [0.2, 0.25) is 5.91 Å². The standard InChI is InChI=1S/C29H35N5O4S/c1-6-15-34-26(25(19(3)4)31-27(36)21-13-11-20(5)12-14-21)32-33-29(34)39-18-24(35)30-23-10-8-9-22(17-23)28(37)38-16-7-2/h6,8-14,17,19,25H,1,7,15-16,18H2,2-5H3,(H,30,35)(H,31,36)/t25-/m1/s1. The van der Waals surface area contributed by atoms with E-state index in [2.05, 4.69) is 27.4 Å². The molecular weight excluding hydrogens is 514 g/mol. The van der Waals surface area contributed by atoms with E-state index >= 15 is 0 Å². The summed E-state index contributed by atoms with van der Waals surface area (Å²) in [5, 5.41) is 15.1. The Bertz CT molecular complexity index is 1300. The molecule has 0 bridgehead atoms. The number of amides is 2. The summed E-state index contributed by atoms with van der Waals surface area (Å²) in [5.41, 5.74) is 2.51. The predicted octanol–water partition coefficient (Wildman–Crippen LogP) is 5.20. The number of carbonyl (C=O) groups is 3. The van der Waals surface area contributed by atoms with Crippen molar-refractivity contribution in [1.82, 2.24) is 20.1 Å². The molecule has 2 aromatic carbocycles. The van der Waals surface area contributed by atoms with E-state index in [9.17, 15) is 14.4 Å². The first-order valence-corrected chi connectivity index (χ1v) is 13.8. The molecule has 0 fully saturated rings. The molecule has 3 rings (SSSR count). The molecule has 1 heterocycles. The molecule has 0 saturated carbocycles. The van der Waals surface area contributed by atoms with Gasteiger partial charge in [-0.25, -0.2) is 4.79 Å². The van der Waals surface area contributed by atoms with Crippen LogP contribution in [-0.2, 0) is 16.1 Å². The number of aryl methyl sites for hydroxylation is 1. The number of thioether (sulfide) groups is 1. The van der Waals surface area contributed by atoms with E-state index in [1.54, 1.807) is 42.5 Å². The molecule has 3 aromatic rings. The first kappa shape index (κ1) is 29.6. The minimum absolute atomic E-state index is 0.0320. The van der Waals surface area contributed by atoms with E-state index in [1.165, 1.54) is 11.8 Å². The van der Waals surface area contributed by atoms with Crippen LogP contribution in [0.2, 0.25) is 0 Å². The van der Waals surface area contributed by atoms with Gasteiger partial charge in [-0.2, -0.15) is 0 Å². The van der Waals surface area contributed by atoms with E-state index in [0.717, 1.165) is 12.0 Å². The van der Waals surface area contributed by atoms with Crippen LogP contribution in [0.4, 0.5) is 5.69 Å². The van der Waals surface area contributed by atoms with Crippen molar-refractivity contribution < 1.29 is 19.1 Å². The van der Waals surface area contributed by atoms with Gasteiger partial charge in [0.05, 0.1) is 24.0 Å². The number of nitrogens with one attached hydrogen (secondary N) is 2. The van der Waals surface area contributed by atoms with Crippen LogP contribution in [-0.4, -0.2) is 44.9 Å². The molecule has 0 aliphatic heterocycles. The molecule has 0 aliphatic rings. The summed E-state index contributed by atoms with van der Waals surface area (Å²) in [7, 11) is 0. The summed E-state index contributed by atoms with van der Waals surface area (Å²) < 4.78 is 7.02. The highest BCUT2D eigenvalue weighted by atomic mass is 32.2. The van der Waals surface area contributed by atoms with Gasteiger partial charge in [0.15, 0.2) is 11.0 Å². The van der Waals surface area contributed by atoms with Gasteiger partial charge in [-0.1, -0.05) is 62.4 Å². The second kappa shape index (κ2) is 14.3. The summed E-state index contributed by atoms with van der Waals surface area (Å²) in [6.07, 6.45) is 2.45. The van der Waals surface area contributed by atoms with Crippen LogP contribution >= 0.6 is 11.8 Å². The lowest BCUT2D eigenvalue weighted by molar-refractivity contribution is -0.113. The second-order valence-electron chi connectivity index (χ2n) is 9.35.